The van der Waals surface area contributed by atoms with Gasteiger partial charge in [-0.05, 0) is 19.8 Å². The zero-order chi connectivity index (χ0) is 25.0. The van der Waals surface area contributed by atoms with Gasteiger partial charge in [-0.25, -0.2) is 4.79 Å². The molecule has 5 amide bonds. The van der Waals surface area contributed by atoms with Crippen molar-refractivity contribution in [3.8, 4) is 0 Å². The first-order valence-electron chi connectivity index (χ1n) is 9.42. The Morgan fingerprint density at radius 2 is 1.31 bits per heavy atom. The second kappa shape index (κ2) is 13.5. The highest BCUT2D eigenvalue weighted by Crippen LogP contribution is 2.02. The van der Waals surface area contributed by atoms with Crippen LogP contribution in [-0.2, 0) is 33.6 Å². The summed E-state index contributed by atoms with van der Waals surface area (Å²) in [5.41, 5.74) is 15.6. The van der Waals surface area contributed by atoms with Crippen LogP contribution in [0.2, 0.25) is 0 Å². The molecule has 0 saturated carbocycles. The number of primary amides is 2. The van der Waals surface area contributed by atoms with Crippen LogP contribution in [0.15, 0.2) is 0 Å². The number of rotatable bonds is 15. The number of carbonyl (C=O) groups is 7. The van der Waals surface area contributed by atoms with Crippen LogP contribution in [0.5, 0.6) is 0 Å². The molecule has 15 heteroatoms. The monoisotopic (exact) mass is 460 g/mol. The number of carboxylic acid groups (broad SMARTS) is 2. The summed E-state index contributed by atoms with van der Waals surface area (Å²) in [4.78, 5) is 80.6. The Morgan fingerprint density at radius 3 is 1.78 bits per heavy atom. The molecular weight excluding hydrogens is 432 g/mol. The summed E-state index contributed by atoms with van der Waals surface area (Å²) < 4.78 is 0. The molecule has 0 aromatic rings. The smallest absolute Gasteiger partial charge is 0.326 e. The second-order valence-electron chi connectivity index (χ2n) is 6.91. The van der Waals surface area contributed by atoms with Crippen molar-refractivity contribution in [1.29, 1.82) is 0 Å². The Morgan fingerprint density at radius 1 is 0.750 bits per heavy atom. The quantitative estimate of drug-likeness (QED) is 0.117. The van der Waals surface area contributed by atoms with Gasteiger partial charge < -0.3 is 43.4 Å². The summed E-state index contributed by atoms with van der Waals surface area (Å²) in [5.74, 6) is -7.24. The highest BCUT2D eigenvalue weighted by Gasteiger charge is 2.30. The Bertz CT molecular complexity index is 757. The summed E-state index contributed by atoms with van der Waals surface area (Å²) in [5, 5.41) is 24.2. The number of nitrogens with two attached hydrogens (primary N) is 3. The van der Waals surface area contributed by atoms with E-state index >= 15 is 0 Å². The first-order valence-corrected chi connectivity index (χ1v) is 9.42. The van der Waals surface area contributed by atoms with Gasteiger partial charge in [-0.3, -0.25) is 28.8 Å². The van der Waals surface area contributed by atoms with Crippen LogP contribution in [0, 0.1) is 0 Å². The number of aliphatic carboxylic acids is 2. The zero-order valence-corrected chi connectivity index (χ0v) is 17.3. The summed E-state index contributed by atoms with van der Waals surface area (Å²) in [7, 11) is 0. The van der Waals surface area contributed by atoms with E-state index in [1.54, 1.807) is 0 Å². The van der Waals surface area contributed by atoms with Gasteiger partial charge in [0.1, 0.15) is 18.1 Å². The van der Waals surface area contributed by atoms with Crippen LogP contribution in [0.1, 0.15) is 39.0 Å². The summed E-state index contributed by atoms with van der Waals surface area (Å²) in [6.07, 6.45) is -1.90. The van der Waals surface area contributed by atoms with Gasteiger partial charge in [0.25, 0.3) is 0 Å². The molecular formula is C17H28N6O9. The summed E-state index contributed by atoms with van der Waals surface area (Å²) >= 11 is 0. The molecule has 0 bridgehead atoms. The third-order valence-corrected chi connectivity index (χ3v) is 4.09. The van der Waals surface area contributed by atoms with Crippen molar-refractivity contribution in [2.45, 2.75) is 63.2 Å². The van der Waals surface area contributed by atoms with E-state index in [0.29, 0.717) is 0 Å². The van der Waals surface area contributed by atoms with Gasteiger partial charge in [-0.2, -0.15) is 0 Å². The largest absolute Gasteiger partial charge is 0.481 e. The van der Waals surface area contributed by atoms with Gasteiger partial charge in [0.15, 0.2) is 0 Å². The van der Waals surface area contributed by atoms with Crippen LogP contribution in [-0.4, -0.2) is 75.9 Å². The standard InChI is InChI=1S/C17H28N6O9/c1-7(21-15(29)8(18)2-4-11(19)24)14(28)23-10(6-12(20)25)16(30)22-9(17(31)32)3-5-13(26)27/h7-10H,2-6,18H2,1H3,(H2,19,24)(H2,20,25)(H,21,29)(H,22,30)(H,23,28)(H,26,27)(H,31,32). The van der Waals surface area contributed by atoms with Gasteiger partial charge in [0.2, 0.25) is 29.5 Å². The first-order chi connectivity index (χ1) is 14.7. The summed E-state index contributed by atoms with van der Waals surface area (Å²) in [6, 6.07) is -5.54. The highest BCUT2D eigenvalue weighted by atomic mass is 16.4. The molecule has 15 nitrogen and oxygen atoms in total. The third-order valence-electron chi connectivity index (χ3n) is 4.09. The van der Waals surface area contributed by atoms with E-state index in [1.165, 1.54) is 6.92 Å². The number of carboxylic acids is 2. The molecule has 32 heavy (non-hydrogen) atoms. The average molecular weight is 460 g/mol. The molecule has 0 rings (SSSR count). The Labute approximate surface area is 182 Å². The van der Waals surface area contributed by atoms with Crippen molar-refractivity contribution < 1.29 is 43.8 Å². The molecule has 0 aliphatic carbocycles. The minimum Gasteiger partial charge on any atom is -0.481 e. The van der Waals surface area contributed by atoms with Crippen molar-refractivity contribution in [3.05, 3.63) is 0 Å². The van der Waals surface area contributed by atoms with E-state index in [2.05, 4.69) is 10.6 Å². The predicted molar refractivity (Wildman–Crippen MR) is 106 cm³/mol. The van der Waals surface area contributed by atoms with Crippen molar-refractivity contribution in [1.82, 2.24) is 16.0 Å². The molecule has 0 aliphatic rings. The molecule has 0 radical (unpaired) electrons. The molecule has 180 valence electrons. The molecule has 0 spiro atoms. The minimum atomic E-state index is -1.59. The molecule has 4 atom stereocenters. The van der Waals surface area contributed by atoms with Crippen LogP contribution >= 0.6 is 0 Å². The van der Waals surface area contributed by atoms with Crippen molar-refractivity contribution >= 4 is 41.5 Å². The van der Waals surface area contributed by atoms with Crippen LogP contribution in [0.4, 0.5) is 0 Å². The topological polar surface area (TPSA) is 274 Å². The van der Waals surface area contributed by atoms with Crippen molar-refractivity contribution in [3.63, 3.8) is 0 Å². The number of nitrogens with one attached hydrogen (secondary N) is 3. The molecule has 0 heterocycles. The van der Waals surface area contributed by atoms with Gasteiger partial charge in [0, 0.05) is 12.8 Å². The van der Waals surface area contributed by atoms with Crippen LogP contribution in [0.3, 0.4) is 0 Å². The van der Waals surface area contributed by atoms with E-state index in [0.717, 1.165) is 0 Å². The SMILES string of the molecule is CC(NC(=O)C(N)CCC(N)=O)C(=O)NC(CC(N)=O)C(=O)NC(CCC(=O)O)C(=O)O. The zero-order valence-electron chi connectivity index (χ0n) is 17.3. The lowest BCUT2D eigenvalue weighted by Crippen LogP contribution is -2.57. The minimum absolute atomic E-state index is 0.0604. The van der Waals surface area contributed by atoms with Gasteiger partial charge in [0.05, 0.1) is 12.5 Å². The Hall–Kier alpha value is -3.75. The van der Waals surface area contributed by atoms with E-state index < -0.39 is 84.9 Å². The second-order valence-corrected chi connectivity index (χ2v) is 6.91. The first kappa shape index (κ1) is 28.2. The molecule has 0 saturated heterocycles. The molecule has 4 unspecified atom stereocenters. The van der Waals surface area contributed by atoms with Crippen LogP contribution in [0.25, 0.3) is 0 Å². The fourth-order valence-electron chi connectivity index (χ4n) is 2.32. The fraction of sp³-hybridized carbons (Fsp3) is 0.588. The van der Waals surface area contributed by atoms with Crippen LogP contribution < -0.4 is 33.2 Å². The lowest BCUT2D eigenvalue weighted by Gasteiger charge is -2.23. The molecule has 11 N–H and O–H groups in total. The van der Waals surface area contributed by atoms with Gasteiger partial charge in [-0.1, -0.05) is 0 Å². The Kier molecular flexibility index (Phi) is 11.9. The molecule has 0 fully saturated rings. The summed E-state index contributed by atoms with van der Waals surface area (Å²) in [6.45, 7) is 1.25. The lowest BCUT2D eigenvalue weighted by atomic mass is 10.1. The van der Waals surface area contributed by atoms with Crippen molar-refractivity contribution in [2.75, 3.05) is 0 Å². The normalized spacial score (nSPS) is 14.2. The number of hydrogen-bond acceptors (Lipinski definition) is 8. The van der Waals surface area contributed by atoms with E-state index in [-0.39, 0.29) is 12.8 Å². The molecule has 0 aromatic heterocycles. The highest BCUT2D eigenvalue weighted by molar-refractivity contribution is 5.96. The Balaban J connectivity index is 5.10. The van der Waals surface area contributed by atoms with E-state index in [4.69, 9.17) is 27.4 Å². The number of carbonyl (C=O) groups excluding carboxylic acids is 5. The third kappa shape index (κ3) is 11.4. The molecule has 0 aliphatic heterocycles. The maximum Gasteiger partial charge on any atom is 0.326 e. The maximum absolute atomic E-state index is 12.4. The molecule has 0 aromatic carbocycles. The van der Waals surface area contributed by atoms with E-state index in [9.17, 15) is 33.6 Å². The van der Waals surface area contributed by atoms with Crippen molar-refractivity contribution in [2.24, 2.45) is 17.2 Å². The average Bonchev–Trinajstić information content (AvgIpc) is 2.67. The van der Waals surface area contributed by atoms with E-state index in [1.807, 2.05) is 5.32 Å². The number of hydrogen-bond donors (Lipinski definition) is 8. The number of amides is 5. The fourth-order valence-corrected chi connectivity index (χ4v) is 2.32. The maximum atomic E-state index is 12.4. The lowest BCUT2D eigenvalue weighted by molar-refractivity contribution is -0.143. The van der Waals surface area contributed by atoms with Gasteiger partial charge in [-0.15, -0.1) is 0 Å². The van der Waals surface area contributed by atoms with Gasteiger partial charge >= 0.3 is 11.9 Å². The predicted octanol–water partition coefficient (Wildman–Crippen LogP) is -4.12.